The van der Waals surface area contributed by atoms with E-state index in [4.69, 9.17) is 9.47 Å². The second-order valence-electron chi connectivity index (χ2n) is 9.02. The van der Waals surface area contributed by atoms with Gasteiger partial charge in [-0.15, -0.1) is 0 Å². The number of anilines is 1. The van der Waals surface area contributed by atoms with Gasteiger partial charge in [-0.3, -0.25) is 9.48 Å². The number of nitrogens with zero attached hydrogens (tertiary/aromatic N) is 2. The summed E-state index contributed by atoms with van der Waals surface area (Å²) in [6.07, 6.45) is 5.01. The number of rotatable bonds is 5. The highest BCUT2D eigenvalue weighted by molar-refractivity contribution is 5.96. The van der Waals surface area contributed by atoms with E-state index in [-0.39, 0.29) is 12.0 Å². The summed E-state index contributed by atoms with van der Waals surface area (Å²) in [6.45, 7) is 12.4. The largest absolute Gasteiger partial charge is 0.444 e. The molecular weight excluding hydrogens is 348 g/mol. The van der Waals surface area contributed by atoms with Crippen LogP contribution in [0.25, 0.3) is 0 Å². The monoisotopic (exact) mass is 380 g/mol. The van der Waals surface area contributed by atoms with Crippen LogP contribution in [-0.2, 0) is 20.8 Å². The first-order valence-corrected chi connectivity index (χ1v) is 9.38. The molecule has 0 spiro atoms. The van der Waals surface area contributed by atoms with E-state index in [2.05, 4.69) is 15.7 Å². The summed E-state index contributed by atoms with van der Waals surface area (Å²) in [7, 11) is 0. The summed E-state index contributed by atoms with van der Waals surface area (Å²) in [4.78, 5) is 24.9. The van der Waals surface area contributed by atoms with Gasteiger partial charge in [0.25, 0.3) is 0 Å². The van der Waals surface area contributed by atoms with Crippen LogP contribution in [0.2, 0.25) is 0 Å². The van der Waals surface area contributed by atoms with Crippen molar-refractivity contribution in [3.8, 4) is 0 Å². The van der Waals surface area contributed by atoms with Crippen molar-refractivity contribution >= 4 is 17.7 Å². The van der Waals surface area contributed by atoms with Gasteiger partial charge in [0, 0.05) is 12.8 Å². The summed E-state index contributed by atoms with van der Waals surface area (Å²) in [5.41, 5.74) is -0.542. The summed E-state index contributed by atoms with van der Waals surface area (Å²) in [5, 5.41) is 9.78. The fraction of sp³-hybridized carbons (Fsp3) is 0.737. The molecule has 2 amide bonds. The molecule has 0 radical (unpaired) electrons. The van der Waals surface area contributed by atoms with Crippen molar-refractivity contribution in [3.63, 3.8) is 0 Å². The Balaban J connectivity index is 1.99. The lowest BCUT2D eigenvalue weighted by molar-refractivity contribution is -0.120. The number of aromatic nitrogens is 2. The predicted molar refractivity (Wildman–Crippen MR) is 102 cm³/mol. The third-order valence-corrected chi connectivity index (χ3v) is 4.10. The van der Waals surface area contributed by atoms with E-state index in [1.54, 1.807) is 37.8 Å². The number of carbonyl (C=O) groups excluding carboxylic acids is 2. The lowest BCUT2D eigenvalue weighted by Gasteiger charge is -2.31. The molecule has 8 nitrogen and oxygen atoms in total. The normalized spacial score (nSPS) is 18.8. The lowest BCUT2D eigenvalue weighted by atomic mass is 9.86. The summed E-state index contributed by atoms with van der Waals surface area (Å²) in [6, 6.07) is -0.756. The molecule has 1 saturated heterocycles. The van der Waals surface area contributed by atoms with Crippen LogP contribution in [0.1, 0.15) is 54.4 Å². The molecule has 2 atom stereocenters. The molecule has 1 aromatic heterocycles. The third kappa shape index (κ3) is 6.86. The van der Waals surface area contributed by atoms with Gasteiger partial charge >= 0.3 is 6.09 Å². The zero-order chi connectivity index (χ0) is 20.2. The molecule has 1 fully saturated rings. The summed E-state index contributed by atoms with van der Waals surface area (Å²) < 4.78 is 12.6. The highest BCUT2D eigenvalue weighted by atomic mass is 16.6. The highest BCUT2D eigenvalue weighted by Crippen LogP contribution is 2.22. The van der Waals surface area contributed by atoms with Gasteiger partial charge in [-0.05, 0) is 39.0 Å². The van der Waals surface area contributed by atoms with Gasteiger partial charge in [-0.1, -0.05) is 20.8 Å². The first-order valence-electron chi connectivity index (χ1n) is 9.38. The lowest BCUT2D eigenvalue weighted by Crippen LogP contribution is -2.52. The van der Waals surface area contributed by atoms with Crippen molar-refractivity contribution in [2.24, 2.45) is 5.41 Å². The zero-order valence-electron chi connectivity index (χ0n) is 17.2. The molecule has 0 aliphatic carbocycles. The number of amides is 2. The van der Waals surface area contributed by atoms with Crippen molar-refractivity contribution < 1.29 is 19.1 Å². The first-order chi connectivity index (χ1) is 12.4. The Bertz CT molecular complexity index is 651. The van der Waals surface area contributed by atoms with Gasteiger partial charge in [0.1, 0.15) is 11.6 Å². The molecule has 8 heteroatoms. The Morgan fingerprint density at radius 1 is 1.33 bits per heavy atom. The van der Waals surface area contributed by atoms with Crippen molar-refractivity contribution in [1.29, 1.82) is 0 Å². The number of carbonyl (C=O) groups is 2. The van der Waals surface area contributed by atoms with E-state index >= 15 is 0 Å². The number of alkyl carbamates (subject to hydrolysis) is 1. The van der Waals surface area contributed by atoms with Crippen molar-refractivity contribution in [3.05, 3.63) is 12.4 Å². The number of hydrogen-bond donors (Lipinski definition) is 2. The summed E-state index contributed by atoms with van der Waals surface area (Å²) in [5.74, 6) is -0.315. The number of ether oxygens (including phenoxy) is 2. The molecular formula is C19H32N4O4. The maximum atomic E-state index is 12.8. The second kappa shape index (κ2) is 8.29. The minimum absolute atomic E-state index is 0.171. The fourth-order valence-corrected chi connectivity index (χ4v) is 2.84. The molecule has 152 valence electrons. The van der Waals surface area contributed by atoms with E-state index in [0.29, 0.717) is 12.2 Å². The molecule has 2 rings (SSSR count). The second-order valence-corrected chi connectivity index (χ2v) is 9.02. The fourth-order valence-electron chi connectivity index (χ4n) is 2.84. The van der Waals surface area contributed by atoms with Crippen LogP contribution in [0.4, 0.5) is 10.5 Å². The van der Waals surface area contributed by atoms with Crippen LogP contribution >= 0.6 is 0 Å². The molecule has 1 aliphatic rings. The standard InChI is InChI=1S/C19H32N4O4/c1-18(2,3)15(22-17(25)27-19(4,5)6)16(24)21-13-10-20-23(11-13)12-14-8-7-9-26-14/h10-11,14-15H,7-9,12H2,1-6H3,(H,21,24)(H,22,25)/t14-,15+/m0/s1. The molecule has 0 unspecified atom stereocenters. The topological polar surface area (TPSA) is 94.5 Å². The predicted octanol–water partition coefficient (Wildman–Crippen LogP) is 2.94. The minimum atomic E-state index is -0.756. The van der Waals surface area contributed by atoms with Gasteiger partial charge in [0.05, 0.1) is 24.5 Å². The Hall–Kier alpha value is -2.09. The smallest absolute Gasteiger partial charge is 0.408 e. The van der Waals surface area contributed by atoms with Crippen molar-refractivity contribution in [2.75, 3.05) is 11.9 Å². The van der Waals surface area contributed by atoms with Crippen molar-refractivity contribution in [2.45, 2.75) is 78.7 Å². The van der Waals surface area contributed by atoms with E-state index in [1.807, 2.05) is 20.8 Å². The molecule has 0 bridgehead atoms. The van der Waals surface area contributed by atoms with Crippen LogP contribution in [0.3, 0.4) is 0 Å². The maximum Gasteiger partial charge on any atom is 0.408 e. The van der Waals surface area contributed by atoms with Gasteiger partial charge < -0.3 is 20.1 Å². The first kappa shape index (κ1) is 21.2. The van der Waals surface area contributed by atoms with Crippen LogP contribution in [0.15, 0.2) is 12.4 Å². The van der Waals surface area contributed by atoms with E-state index in [0.717, 1.165) is 19.4 Å². The molecule has 27 heavy (non-hydrogen) atoms. The van der Waals surface area contributed by atoms with E-state index in [1.165, 1.54) is 0 Å². The van der Waals surface area contributed by atoms with Gasteiger partial charge in [0.15, 0.2) is 0 Å². The maximum absolute atomic E-state index is 12.8. The minimum Gasteiger partial charge on any atom is -0.444 e. The van der Waals surface area contributed by atoms with Gasteiger partial charge in [-0.25, -0.2) is 4.79 Å². The molecule has 0 saturated carbocycles. The average molecular weight is 380 g/mol. The Labute approximate surface area is 161 Å². The summed E-state index contributed by atoms with van der Waals surface area (Å²) >= 11 is 0. The molecule has 0 aromatic carbocycles. The molecule has 2 N–H and O–H groups in total. The zero-order valence-corrected chi connectivity index (χ0v) is 17.2. The Morgan fingerprint density at radius 2 is 2.04 bits per heavy atom. The van der Waals surface area contributed by atoms with E-state index in [9.17, 15) is 9.59 Å². The number of hydrogen-bond acceptors (Lipinski definition) is 5. The molecule has 1 aromatic rings. The van der Waals surface area contributed by atoms with Crippen molar-refractivity contribution in [1.82, 2.24) is 15.1 Å². The van der Waals surface area contributed by atoms with Crippen LogP contribution in [0.5, 0.6) is 0 Å². The van der Waals surface area contributed by atoms with E-state index < -0.39 is 23.2 Å². The highest BCUT2D eigenvalue weighted by Gasteiger charge is 2.34. The number of nitrogens with one attached hydrogen (secondary N) is 2. The van der Waals surface area contributed by atoms with Gasteiger partial charge in [0.2, 0.25) is 5.91 Å². The van der Waals surface area contributed by atoms with Crippen LogP contribution < -0.4 is 10.6 Å². The molecule has 2 heterocycles. The SMILES string of the molecule is CC(C)(C)OC(=O)N[C@H](C(=O)Nc1cnn(C[C@@H]2CCCO2)c1)C(C)(C)C. The Kier molecular flexibility index (Phi) is 6.51. The Morgan fingerprint density at radius 3 is 2.59 bits per heavy atom. The quantitative estimate of drug-likeness (QED) is 0.819. The average Bonchev–Trinajstić information content (AvgIpc) is 3.14. The third-order valence-electron chi connectivity index (χ3n) is 4.10. The van der Waals surface area contributed by atoms with Crippen LogP contribution in [0, 0.1) is 5.41 Å². The van der Waals surface area contributed by atoms with Crippen LogP contribution in [-0.4, -0.2) is 46.1 Å². The molecule has 1 aliphatic heterocycles. The van der Waals surface area contributed by atoms with Gasteiger partial charge in [-0.2, -0.15) is 5.10 Å².